The van der Waals surface area contributed by atoms with Crippen molar-refractivity contribution in [2.75, 3.05) is 0 Å². The van der Waals surface area contributed by atoms with Crippen molar-refractivity contribution in [2.45, 2.75) is 26.7 Å². The molecular weight excluding hydrogens is 269 g/mol. The number of carbonyl (C=O) groups excluding carboxylic acids is 1. The minimum absolute atomic E-state index is 0. The van der Waals surface area contributed by atoms with Gasteiger partial charge in [0.1, 0.15) is 0 Å². The van der Waals surface area contributed by atoms with Gasteiger partial charge in [0.05, 0.1) is 0 Å². The van der Waals surface area contributed by atoms with Crippen LogP contribution >= 0.6 is 0 Å². The van der Waals surface area contributed by atoms with Gasteiger partial charge in [-0.2, -0.15) is 0 Å². The van der Waals surface area contributed by atoms with E-state index in [4.69, 9.17) is 9.90 Å². The van der Waals surface area contributed by atoms with Crippen molar-refractivity contribution < 1.29 is 88.7 Å². The van der Waals surface area contributed by atoms with Crippen molar-refractivity contribution in [1.29, 1.82) is 0 Å². The van der Waals surface area contributed by atoms with E-state index in [9.17, 15) is 9.90 Å². The Bertz CT molecular complexity index is 109. The van der Waals surface area contributed by atoms with Crippen molar-refractivity contribution in [3.63, 3.8) is 0 Å². The molecule has 0 rings (SSSR count). The van der Waals surface area contributed by atoms with E-state index in [0.717, 1.165) is 6.92 Å². The number of rotatable bonds is 2. The molecule has 0 fully saturated rings. The van der Waals surface area contributed by atoms with E-state index in [1.807, 2.05) is 0 Å². The first-order chi connectivity index (χ1) is 4.50. The summed E-state index contributed by atoms with van der Waals surface area (Å²) in [5, 5.41) is 16.9. The average Bonchev–Trinajstić information content (AvgIpc) is 1.62. The summed E-state index contributed by atoms with van der Waals surface area (Å²) >= 11 is 0. The van der Waals surface area contributed by atoms with Crippen molar-refractivity contribution in [3.05, 3.63) is 0 Å². The van der Waals surface area contributed by atoms with E-state index in [2.05, 4.69) is 0 Å². The van der Waals surface area contributed by atoms with Gasteiger partial charge in [0.25, 0.3) is 5.97 Å². The van der Waals surface area contributed by atoms with Gasteiger partial charge in [-0.3, -0.25) is 4.79 Å². The Kier molecular flexibility index (Phi) is 22.1. The fraction of sp³-hybridized carbons (Fsp3) is 0.667. The standard InChI is InChI=1S/C4H8O2.C2H4O2.Cs/c1-2-3-4(5)6;1-2(3)4;/h2-3H2,1H3,(H,5,6);1H3,(H,3,4);/q;;+1/p-1. The summed E-state index contributed by atoms with van der Waals surface area (Å²) in [4.78, 5) is 18.5. The van der Waals surface area contributed by atoms with Crippen molar-refractivity contribution in [3.8, 4) is 0 Å². The monoisotopic (exact) mass is 280 g/mol. The molecule has 1 N–H and O–H groups in total. The van der Waals surface area contributed by atoms with E-state index < -0.39 is 11.9 Å². The molecule has 0 aliphatic carbocycles. The minimum atomic E-state index is -0.961. The summed E-state index contributed by atoms with van der Waals surface area (Å²) in [6, 6.07) is 0. The van der Waals surface area contributed by atoms with Crippen molar-refractivity contribution in [1.82, 2.24) is 0 Å². The normalized spacial score (nSPS) is 6.73. The van der Waals surface area contributed by atoms with Gasteiger partial charge >= 0.3 is 68.9 Å². The van der Waals surface area contributed by atoms with Gasteiger partial charge in [0, 0.05) is 12.9 Å². The summed E-state index contributed by atoms with van der Waals surface area (Å²) in [5.74, 6) is -1.79. The summed E-state index contributed by atoms with van der Waals surface area (Å²) in [7, 11) is 0. The molecule has 5 heteroatoms. The van der Waals surface area contributed by atoms with Crippen LogP contribution in [0.3, 0.4) is 0 Å². The molecule has 0 aliphatic heterocycles. The van der Waals surface area contributed by atoms with Crippen LogP contribution in [-0.4, -0.2) is 17.0 Å². The number of hydrogen-bond acceptors (Lipinski definition) is 3. The zero-order chi connectivity index (χ0) is 8.57. The fourth-order valence-corrected chi connectivity index (χ4v) is 0.204. The molecule has 0 aromatic rings. The van der Waals surface area contributed by atoms with Crippen LogP contribution in [0.5, 0.6) is 0 Å². The van der Waals surface area contributed by atoms with E-state index in [0.29, 0.717) is 6.42 Å². The number of carbonyl (C=O) groups is 2. The molecule has 0 aromatic heterocycles. The first-order valence-corrected chi connectivity index (χ1v) is 2.90. The largest absolute Gasteiger partial charge is 1.00 e. The van der Waals surface area contributed by atoms with Crippen molar-refractivity contribution in [2.24, 2.45) is 0 Å². The Morgan fingerprint density at radius 1 is 1.45 bits per heavy atom. The second-order valence-corrected chi connectivity index (χ2v) is 1.64. The van der Waals surface area contributed by atoms with Crippen LogP contribution in [0.1, 0.15) is 26.7 Å². The van der Waals surface area contributed by atoms with Gasteiger partial charge < -0.3 is 15.0 Å². The molecule has 0 aliphatic rings. The first kappa shape index (κ1) is 17.9. The van der Waals surface area contributed by atoms with Crippen LogP contribution in [0, 0.1) is 0 Å². The molecular formula is C6H11CsO4. The average molecular weight is 280 g/mol. The molecule has 0 aromatic carbocycles. The first-order valence-electron chi connectivity index (χ1n) is 2.90. The topological polar surface area (TPSA) is 77.4 Å². The molecule has 4 nitrogen and oxygen atoms in total. The summed E-state index contributed by atoms with van der Waals surface area (Å²) in [6.45, 7) is 2.88. The second kappa shape index (κ2) is 13.6. The van der Waals surface area contributed by atoms with Crippen LogP contribution in [0.25, 0.3) is 0 Å². The summed E-state index contributed by atoms with van der Waals surface area (Å²) < 4.78 is 0. The predicted octanol–water partition coefficient (Wildman–Crippen LogP) is -3.37. The smallest absolute Gasteiger partial charge is 0.550 e. The number of carboxylic acids is 2. The molecule has 0 spiro atoms. The van der Waals surface area contributed by atoms with Gasteiger partial charge in [0.2, 0.25) is 0 Å². The molecule has 0 heterocycles. The van der Waals surface area contributed by atoms with Crippen LogP contribution in [-0.2, 0) is 9.59 Å². The minimum Gasteiger partial charge on any atom is -0.550 e. The fourth-order valence-electron chi connectivity index (χ4n) is 0.204. The maximum Gasteiger partial charge on any atom is 1.00 e. The van der Waals surface area contributed by atoms with E-state index >= 15 is 0 Å². The number of hydrogen-bond donors (Lipinski definition) is 1. The van der Waals surface area contributed by atoms with Crippen LogP contribution < -0.4 is 74.0 Å². The molecule has 0 atom stereocenters. The Balaban J connectivity index is -0.000000114. The van der Waals surface area contributed by atoms with Gasteiger partial charge in [-0.15, -0.1) is 0 Å². The quantitative estimate of drug-likeness (QED) is 0.573. The van der Waals surface area contributed by atoms with Crippen LogP contribution in [0.2, 0.25) is 0 Å². The van der Waals surface area contributed by atoms with Gasteiger partial charge in [-0.05, 0) is 6.42 Å². The van der Waals surface area contributed by atoms with Crippen molar-refractivity contribution >= 4 is 11.9 Å². The zero-order valence-corrected chi connectivity index (χ0v) is 13.4. The van der Waals surface area contributed by atoms with Gasteiger partial charge in [-0.1, -0.05) is 13.3 Å². The van der Waals surface area contributed by atoms with E-state index in [1.165, 1.54) is 0 Å². The summed E-state index contributed by atoms with van der Waals surface area (Å²) in [6.07, 6.45) is 0.850. The molecule has 0 saturated carbocycles. The maximum atomic E-state index is 9.49. The Morgan fingerprint density at radius 2 is 1.73 bits per heavy atom. The van der Waals surface area contributed by atoms with Gasteiger partial charge in [-0.25, -0.2) is 0 Å². The maximum absolute atomic E-state index is 9.49. The second-order valence-electron chi connectivity index (χ2n) is 1.64. The third-order valence-corrected chi connectivity index (χ3v) is 0.454. The molecule has 0 saturated heterocycles. The number of carboxylic acid groups (broad SMARTS) is 2. The third-order valence-electron chi connectivity index (χ3n) is 0.454. The molecule has 0 amide bonds. The Labute approximate surface area is 125 Å². The molecule has 0 radical (unpaired) electrons. The molecule has 0 unspecified atom stereocenters. The SMILES string of the molecule is CC(=O)O.CCCC(=O)[O-].[Cs+]. The number of aliphatic carboxylic acids is 2. The Hall–Kier alpha value is 0.992. The molecule has 11 heavy (non-hydrogen) atoms. The molecule has 0 bridgehead atoms. The van der Waals surface area contributed by atoms with E-state index in [-0.39, 0.29) is 75.3 Å². The van der Waals surface area contributed by atoms with Crippen LogP contribution in [0.4, 0.5) is 0 Å². The predicted molar refractivity (Wildman–Crippen MR) is 33.2 cm³/mol. The third kappa shape index (κ3) is 55.8. The zero-order valence-electron chi connectivity index (χ0n) is 7.09. The molecule has 60 valence electrons. The van der Waals surface area contributed by atoms with Gasteiger partial charge in [0.15, 0.2) is 0 Å². The summed E-state index contributed by atoms with van der Waals surface area (Å²) in [5.41, 5.74) is 0. The van der Waals surface area contributed by atoms with Crippen LogP contribution in [0.15, 0.2) is 0 Å². The van der Waals surface area contributed by atoms with E-state index in [1.54, 1.807) is 6.92 Å². The Morgan fingerprint density at radius 3 is 1.73 bits per heavy atom.